The SMILES string of the molecule is CCCCOC(=S)N[C@@H]1OC[C@@H](OC(C)=O)[C@@H](OC(C)=O)[C@H]1OC(C)=O. The molecule has 0 radical (unpaired) electrons. The van der Waals surface area contributed by atoms with Gasteiger partial charge in [-0.2, -0.15) is 0 Å². The molecule has 1 saturated heterocycles. The third-order valence-corrected chi connectivity index (χ3v) is 3.58. The molecular weight excluding hydrogens is 366 g/mol. The predicted molar refractivity (Wildman–Crippen MR) is 93.0 cm³/mol. The zero-order chi connectivity index (χ0) is 19.7. The molecule has 1 fully saturated rings. The molecule has 0 aliphatic carbocycles. The van der Waals surface area contributed by atoms with Gasteiger partial charge in [-0.1, -0.05) is 13.3 Å². The molecular formula is C16H25NO8S. The van der Waals surface area contributed by atoms with E-state index in [9.17, 15) is 14.4 Å². The Labute approximate surface area is 157 Å². The summed E-state index contributed by atoms with van der Waals surface area (Å²) < 4.78 is 26.5. The van der Waals surface area contributed by atoms with Crippen LogP contribution in [0, 0.1) is 0 Å². The Morgan fingerprint density at radius 1 is 1.04 bits per heavy atom. The van der Waals surface area contributed by atoms with E-state index in [0.29, 0.717) is 6.61 Å². The van der Waals surface area contributed by atoms with Gasteiger partial charge in [-0.05, 0) is 18.6 Å². The van der Waals surface area contributed by atoms with E-state index in [-0.39, 0.29) is 11.8 Å². The fourth-order valence-electron chi connectivity index (χ4n) is 2.33. The first-order valence-electron chi connectivity index (χ1n) is 8.31. The minimum atomic E-state index is -1.08. The second kappa shape index (κ2) is 10.9. The van der Waals surface area contributed by atoms with Crippen molar-refractivity contribution in [2.75, 3.05) is 13.2 Å². The van der Waals surface area contributed by atoms with Crippen LogP contribution in [0.2, 0.25) is 0 Å². The van der Waals surface area contributed by atoms with Crippen molar-refractivity contribution in [1.82, 2.24) is 5.32 Å². The molecule has 1 aliphatic heterocycles. The molecule has 10 heteroatoms. The number of hydrogen-bond donors (Lipinski definition) is 1. The minimum Gasteiger partial charge on any atom is -0.471 e. The maximum Gasteiger partial charge on any atom is 0.303 e. The molecule has 0 aromatic carbocycles. The van der Waals surface area contributed by atoms with E-state index in [1.165, 1.54) is 20.8 Å². The molecule has 0 saturated carbocycles. The number of thiocarbonyl (C=S) groups is 1. The summed E-state index contributed by atoms with van der Waals surface area (Å²) >= 11 is 5.09. The van der Waals surface area contributed by atoms with Gasteiger partial charge in [-0.15, -0.1) is 0 Å². The van der Waals surface area contributed by atoms with Crippen molar-refractivity contribution in [3.05, 3.63) is 0 Å². The number of ether oxygens (including phenoxy) is 5. The molecule has 0 unspecified atom stereocenters. The number of unbranched alkanes of at least 4 members (excludes halogenated alkanes) is 1. The van der Waals surface area contributed by atoms with E-state index < -0.39 is 42.4 Å². The first kappa shape index (κ1) is 22.1. The van der Waals surface area contributed by atoms with E-state index in [0.717, 1.165) is 12.8 Å². The molecule has 0 aromatic rings. The average molecular weight is 391 g/mol. The normalized spacial score (nSPS) is 24.9. The van der Waals surface area contributed by atoms with E-state index in [2.05, 4.69) is 5.32 Å². The third-order valence-electron chi connectivity index (χ3n) is 3.34. The molecule has 0 aromatic heterocycles. The van der Waals surface area contributed by atoms with Gasteiger partial charge >= 0.3 is 17.9 Å². The molecule has 1 N–H and O–H groups in total. The van der Waals surface area contributed by atoms with Gasteiger partial charge in [0.1, 0.15) is 0 Å². The van der Waals surface area contributed by atoms with Crippen LogP contribution in [-0.4, -0.2) is 60.8 Å². The van der Waals surface area contributed by atoms with E-state index in [1.54, 1.807) is 0 Å². The first-order chi connectivity index (χ1) is 12.2. The highest BCUT2D eigenvalue weighted by atomic mass is 32.1. The zero-order valence-corrected chi connectivity index (χ0v) is 16.1. The number of nitrogens with one attached hydrogen (secondary N) is 1. The topological polar surface area (TPSA) is 109 Å². The second-order valence-electron chi connectivity index (χ2n) is 5.68. The molecule has 4 atom stereocenters. The van der Waals surface area contributed by atoms with Crippen LogP contribution in [0.5, 0.6) is 0 Å². The lowest BCUT2D eigenvalue weighted by molar-refractivity contribution is -0.228. The molecule has 0 bridgehead atoms. The van der Waals surface area contributed by atoms with Gasteiger partial charge in [0, 0.05) is 20.8 Å². The molecule has 1 aliphatic rings. The predicted octanol–water partition coefficient (Wildman–Crippen LogP) is 0.829. The van der Waals surface area contributed by atoms with Crippen molar-refractivity contribution in [1.29, 1.82) is 0 Å². The van der Waals surface area contributed by atoms with Crippen molar-refractivity contribution >= 4 is 35.3 Å². The lowest BCUT2D eigenvalue weighted by Crippen LogP contribution is -2.62. The zero-order valence-electron chi connectivity index (χ0n) is 15.3. The Morgan fingerprint density at radius 2 is 1.62 bits per heavy atom. The fraction of sp³-hybridized carbons (Fsp3) is 0.750. The van der Waals surface area contributed by atoms with Crippen LogP contribution in [0.15, 0.2) is 0 Å². The van der Waals surface area contributed by atoms with E-state index in [1.807, 2.05) is 6.92 Å². The molecule has 1 heterocycles. The lowest BCUT2D eigenvalue weighted by Gasteiger charge is -2.40. The highest BCUT2D eigenvalue weighted by Crippen LogP contribution is 2.23. The quantitative estimate of drug-likeness (QED) is 0.290. The Kier molecular flexibility index (Phi) is 9.28. The number of hydrogen-bond acceptors (Lipinski definition) is 9. The van der Waals surface area contributed by atoms with Gasteiger partial charge in [-0.25, -0.2) is 0 Å². The first-order valence-corrected chi connectivity index (χ1v) is 8.72. The van der Waals surface area contributed by atoms with Gasteiger partial charge in [0.25, 0.3) is 5.17 Å². The maximum absolute atomic E-state index is 11.5. The minimum absolute atomic E-state index is 0.0631. The highest BCUT2D eigenvalue weighted by molar-refractivity contribution is 7.80. The highest BCUT2D eigenvalue weighted by Gasteiger charge is 2.47. The smallest absolute Gasteiger partial charge is 0.303 e. The third kappa shape index (κ3) is 7.52. The van der Waals surface area contributed by atoms with Gasteiger partial charge in [0.05, 0.1) is 13.2 Å². The fourth-order valence-corrected chi connectivity index (χ4v) is 2.53. The summed E-state index contributed by atoms with van der Waals surface area (Å²) in [6.07, 6.45) is -2.22. The second-order valence-corrected chi connectivity index (χ2v) is 6.05. The van der Waals surface area contributed by atoms with Crippen LogP contribution in [0.1, 0.15) is 40.5 Å². The maximum atomic E-state index is 11.5. The average Bonchev–Trinajstić information content (AvgIpc) is 2.52. The van der Waals surface area contributed by atoms with Crippen LogP contribution in [0.25, 0.3) is 0 Å². The van der Waals surface area contributed by atoms with Crippen LogP contribution in [0.3, 0.4) is 0 Å². The summed E-state index contributed by atoms with van der Waals surface area (Å²) in [7, 11) is 0. The monoisotopic (exact) mass is 391 g/mol. The summed E-state index contributed by atoms with van der Waals surface area (Å²) in [6, 6.07) is 0. The van der Waals surface area contributed by atoms with Crippen molar-refractivity contribution in [2.24, 2.45) is 0 Å². The van der Waals surface area contributed by atoms with E-state index in [4.69, 9.17) is 35.9 Å². The van der Waals surface area contributed by atoms with Crippen LogP contribution in [-0.2, 0) is 38.1 Å². The molecule has 9 nitrogen and oxygen atoms in total. The molecule has 0 amide bonds. The molecule has 1 rings (SSSR count). The summed E-state index contributed by atoms with van der Waals surface area (Å²) in [4.78, 5) is 34.3. The Balaban J connectivity index is 2.91. The Bertz CT molecular complexity index is 526. The largest absolute Gasteiger partial charge is 0.471 e. The molecule has 26 heavy (non-hydrogen) atoms. The van der Waals surface area contributed by atoms with Crippen molar-refractivity contribution in [3.63, 3.8) is 0 Å². The van der Waals surface area contributed by atoms with Gasteiger partial charge in [-0.3, -0.25) is 14.4 Å². The summed E-state index contributed by atoms with van der Waals surface area (Å²) in [5, 5.41) is 2.85. The van der Waals surface area contributed by atoms with Crippen molar-refractivity contribution < 1.29 is 38.1 Å². The molecule has 0 spiro atoms. The number of esters is 3. The molecule has 148 valence electrons. The van der Waals surface area contributed by atoms with Crippen molar-refractivity contribution in [3.8, 4) is 0 Å². The number of rotatable bonds is 7. The van der Waals surface area contributed by atoms with Gasteiger partial charge in [0.2, 0.25) is 0 Å². The summed E-state index contributed by atoms with van der Waals surface area (Å²) in [5.41, 5.74) is 0. The Morgan fingerprint density at radius 3 is 2.15 bits per heavy atom. The van der Waals surface area contributed by atoms with E-state index >= 15 is 0 Å². The number of carbonyl (C=O) groups is 3. The standard InChI is InChI=1S/C16H25NO8S/c1-5-6-7-21-16(26)17-15-14(25-11(4)20)13(24-10(3)19)12(8-22-15)23-9(2)18/h12-15H,5-8H2,1-4H3,(H,17,26)/t12-,13-,14-,15-/m1/s1. The van der Waals surface area contributed by atoms with Crippen LogP contribution >= 0.6 is 12.2 Å². The van der Waals surface area contributed by atoms with Crippen LogP contribution < -0.4 is 5.32 Å². The van der Waals surface area contributed by atoms with Crippen LogP contribution in [0.4, 0.5) is 0 Å². The van der Waals surface area contributed by atoms with Crippen molar-refractivity contribution in [2.45, 2.75) is 65.1 Å². The van der Waals surface area contributed by atoms with Gasteiger partial charge in [0.15, 0.2) is 24.5 Å². The van der Waals surface area contributed by atoms with Gasteiger partial charge < -0.3 is 29.0 Å². The summed E-state index contributed by atoms with van der Waals surface area (Å²) in [6.45, 7) is 5.98. The lowest BCUT2D eigenvalue weighted by atomic mass is 10.0. The Hall–Kier alpha value is -1.94. The summed E-state index contributed by atoms with van der Waals surface area (Å²) in [5.74, 6) is -1.82. The number of carbonyl (C=O) groups excluding carboxylic acids is 3.